The van der Waals surface area contributed by atoms with Crippen molar-refractivity contribution < 1.29 is 18.0 Å². The topological polar surface area (TPSA) is 89.1 Å². The molecule has 0 radical (unpaired) electrons. The maximum absolute atomic E-state index is 12.3. The predicted octanol–water partition coefficient (Wildman–Crippen LogP) is 3.79. The minimum absolute atomic E-state index is 0.360. The van der Waals surface area contributed by atoms with Gasteiger partial charge in [0.15, 0.2) is 0 Å². The molecule has 2 amide bonds. The number of anilines is 1. The van der Waals surface area contributed by atoms with Gasteiger partial charge in [-0.2, -0.15) is 13.2 Å². The van der Waals surface area contributed by atoms with Crippen LogP contribution in [0.2, 0.25) is 0 Å². The zero-order valence-corrected chi connectivity index (χ0v) is 16.6. The number of carbonyl (C=O) groups is 1. The summed E-state index contributed by atoms with van der Waals surface area (Å²) in [7, 11) is 1.82. The summed E-state index contributed by atoms with van der Waals surface area (Å²) >= 11 is 0. The lowest BCUT2D eigenvalue weighted by Crippen LogP contribution is -2.36. The molecule has 1 aromatic carbocycles. The first-order valence-electron chi connectivity index (χ1n) is 9.27. The van der Waals surface area contributed by atoms with Gasteiger partial charge >= 0.3 is 12.2 Å². The number of halogens is 3. The van der Waals surface area contributed by atoms with E-state index in [0.717, 1.165) is 28.2 Å². The van der Waals surface area contributed by atoms with Gasteiger partial charge in [-0.3, -0.25) is 9.08 Å². The Bertz CT molecular complexity index is 1260. The van der Waals surface area contributed by atoms with Crippen LogP contribution < -0.4 is 10.6 Å². The number of fused-ring (bicyclic) bond motifs is 1. The number of imidazole rings is 1. The molecule has 0 aliphatic carbocycles. The van der Waals surface area contributed by atoms with E-state index in [1.165, 1.54) is 0 Å². The normalized spacial score (nSPS) is 11.6. The smallest absolute Gasteiger partial charge is 0.329 e. The molecule has 0 saturated heterocycles. The quantitative estimate of drug-likeness (QED) is 0.517. The van der Waals surface area contributed by atoms with E-state index in [2.05, 4.69) is 20.6 Å². The second kappa shape index (κ2) is 7.74. The summed E-state index contributed by atoms with van der Waals surface area (Å²) in [4.78, 5) is 16.2. The van der Waals surface area contributed by atoms with E-state index in [1.807, 2.05) is 42.8 Å². The molecule has 31 heavy (non-hydrogen) atoms. The van der Waals surface area contributed by atoms with E-state index in [0.29, 0.717) is 11.3 Å². The van der Waals surface area contributed by atoms with Crippen molar-refractivity contribution in [3.05, 3.63) is 54.5 Å². The number of benzene rings is 1. The fraction of sp³-hybridized carbons (Fsp3) is 0.200. The fourth-order valence-electron chi connectivity index (χ4n) is 3.12. The van der Waals surface area contributed by atoms with Gasteiger partial charge in [-0.25, -0.2) is 9.78 Å². The molecule has 4 rings (SSSR count). The van der Waals surface area contributed by atoms with Gasteiger partial charge in [0.1, 0.15) is 17.9 Å². The molecule has 0 unspecified atom stereocenters. The fourth-order valence-corrected chi connectivity index (χ4v) is 3.12. The van der Waals surface area contributed by atoms with E-state index in [9.17, 15) is 18.0 Å². The first-order chi connectivity index (χ1) is 14.7. The highest BCUT2D eigenvalue weighted by Crippen LogP contribution is 2.27. The predicted molar refractivity (Wildman–Crippen MR) is 108 cm³/mol. The lowest BCUT2D eigenvalue weighted by atomic mass is 10.1. The highest BCUT2D eigenvalue weighted by Gasteiger charge is 2.27. The van der Waals surface area contributed by atoms with E-state index in [1.54, 1.807) is 34.4 Å². The van der Waals surface area contributed by atoms with E-state index in [4.69, 9.17) is 0 Å². The molecule has 11 heteroatoms. The summed E-state index contributed by atoms with van der Waals surface area (Å²) in [6.07, 6.45) is -0.929. The van der Waals surface area contributed by atoms with Crippen molar-refractivity contribution in [1.82, 2.24) is 29.7 Å². The van der Waals surface area contributed by atoms with Crippen LogP contribution in [0.4, 0.5) is 23.7 Å². The number of amides is 2. The van der Waals surface area contributed by atoms with Gasteiger partial charge < -0.3 is 10.6 Å². The van der Waals surface area contributed by atoms with Gasteiger partial charge in [0.2, 0.25) is 0 Å². The van der Waals surface area contributed by atoms with Crippen LogP contribution in [-0.2, 0) is 7.05 Å². The van der Waals surface area contributed by atoms with Crippen LogP contribution in [0, 0.1) is 6.92 Å². The third kappa shape index (κ3) is 4.34. The van der Waals surface area contributed by atoms with Crippen molar-refractivity contribution in [2.24, 2.45) is 7.05 Å². The Hall–Kier alpha value is -3.89. The summed E-state index contributed by atoms with van der Waals surface area (Å²) < 4.78 is 40.3. The minimum atomic E-state index is -4.47. The number of aromatic nitrogens is 5. The third-order valence-corrected chi connectivity index (χ3v) is 4.76. The van der Waals surface area contributed by atoms with Gasteiger partial charge in [-0.05, 0) is 31.2 Å². The summed E-state index contributed by atoms with van der Waals surface area (Å²) in [5.41, 5.74) is 5.13. The highest BCUT2D eigenvalue weighted by molar-refractivity contribution is 5.90. The van der Waals surface area contributed by atoms with Crippen molar-refractivity contribution in [3.8, 4) is 22.5 Å². The molecule has 8 nitrogen and oxygen atoms in total. The number of nitrogens with one attached hydrogen (secondary N) is 2. The molecule has 0 aliphatic rings. The molecule has 3 aromatic heterocycles. The highest BCUT2D eigenvalue weighted by atomic mass is 19.4. The van der Waals surface area contributed by atoms with E-state index < -0.39 is 18.8 Å². The SMILES string of the molecule is Cc1c(-c2ccn3c(-c4cccc(NC(=O)NCC(F)(F)F)c4)cnc3c2)nnn1C. The summed E-state index contributed by atoms with van der Waals surface area (Å²) in [5.74, 6) is 0. The Balaban J connectivity index is 1.58. The van der Waals surface area contributed by atoms with E-state index >= 15 is 0 Å². The number of nitrogens with zero attached hydrogens (tertiary/aromatic N) is 5. The Labute approximate surface area is 174 Å². The monoisotopic (exact) mass is 429 g/mol. The zero-order chi connectivity index (χ0) is 22.2. The van der Waals surface area contributed by atoms with Crippen LogP contribution in [-0.4, -0.2) is 43.1 Å². The average molecular weight is 429 g/mol. The maximum Gasteiger partial charge on any atom is 0.405 e. The zero-order valence-electron chi connectivity index (χ0n) is 16.6. The van der Waals surface area contributed by atoms with Crippen molar-refractivity contribution in [1.29, 1.82) is 0 Å². The standard InChI is InChI=1S/C20H18F3N7O/c1-12-18(27-28-29(12)2)14-6-7-30-16(10-24-17(30)9-14)13-4-3-5-15(8-13)26-19(31)25-11-20(21,22)23/h3-10H,11H2,1-2H3,(H2,25,26,31). The number of rotatable bonds is 4. The Morgan fingerprint density at radius 3 is 2.68 bits per heavy atom. The van der Waals surface area contributed by atoms with Crippen molar-refractivity contribution in [3.63, 3.8) is 0 Å². The summed E-state index contributed by atoms with van der Waals surface area (Å²) in [6, 6.07) is 9.65. The summed E-state index contributed by atoms with van der Waals surface area (Å²) in [5, 5.41) is 12.4. The van der Waals surface area contributed by atoms with E-state index in [-0.39, 0.29) is 0 Å². The Kier molecular flexibility index (Phi) is 5.09. The van der Waals surface area contributed by atoms with Crippen molar-refractivity contribution in [2.45, 2.75) is 13.1 Å². The molecule has 0 saturated carbocycles. The van der Waals surface area contributed by atoms with Crippen LogP contribution >= 0.6 is 0 Å². The molecule has 0 spiro atoms. The molecule has 3 heterocycles. The second-order valence-corrected chi connectivity index (χ2v) is 6.94. The number of urea groups is 1. The number of hydrogen-bond acceptors (Lipinski definition) is 4. The first-order valence-corrected chi connectivity index (χ1v) is 9.27. The lowest BCUT2D eigenvalue weighted by molar-refractivity contribution is -0.122. The molecule has 2 N–H and O–H groups in total. The number of pyridine rings is 1. The van der Waals surface area contributed by atoms with Crippen molar-refractivity contribution >= 4 is 17.4 Å². The molecule has 4 aromatic rings. The second-order valence-electron chi connectivity index (χ2n) is 6.94. The van der Waals surface area contributed by atoms with Crippen LogP contribution in [0.3, 0.4) is 0 Å². The van der Waals surface area contributed by atoms with Gasteiger partial charge in [0.05, 0.1) is 17.6 Å². The van der Waals surface area contributed by atoms with Gasteiger partial charge in [0.25, 0.3) is 0 Å². The van der Waals surface area contributed by atoms with Crippen molar-refractivity contribution in [2.75, 3.05) is 11.9 Å². The number of carbonyl (C=O) groups excluding carboxylic acids is 1. The molecule has 0 aliphatic heterocycles. The Morgan fingerprint density at radius 1 is 1.16 bits per heavy atom. The number of alkyl halides is 3. The lowest BCUT2D eigenvalue weighted by Gasteiger charge is -2.11. The number of aryl methyl sites for hydroxylation is 1. The van der Waals surface area contributed by atoms with Crippen LogP contribution in [0.25, 0.3) is 28.2 Å². The maximum atomic E-state index is 12.3. The largest absolute Gasteiger partial charge is 0.405 e. The van der Waals surface area contributed by atoms with Gasteiger partial charge in [0, 0.05) is 30.1 Å². The Morgan fingerprint density at radius 2 is 1.97 bits per heavy atom. The van der Waals surface area contributed by atoms with Gasteiger partial charge in [-0.15, -0.1) is 5.10 Å². The van der Waals surface area contributed by atoms with Crippen LogP contribution in [0.5, 0.6) is 0 Å². The molecular formula is C20H18F3N7O. The summed E-state index contributed by atoms with van der Waals surface area (Å²) in [6.45, 7) is 0.527. The molecule has 0 fully saturated rings. The van der Waals surface area contributed by atoms with Crippen LogP contribution in [0.1, 0.15) is 5.69 Å². The van der Waals surface area contributed by atoms with Gasteiger partial charge in [-0.1, -0.05) is 17.3 Å². The molecule has 0 atom stereocenters. The molecular weight excluding hydrogens is 411 g/mol. The molecule has 160 valence electrons. The first kappa shape index (κ1) is 20.4. The number of hydrogen-bond donors (Lipinski definition) is 2. The molecule has 0 bridgehead atoms. The third-order valence-electron chi connectivity index (χ3n) is 4.76. The van der Waals surface area contributed by atoms with Crippen LogP contribution in [0.15, 0.2) is 48.8 Å². The average Bonchev–Trinajstić information content (AvgIpc) is 3.29. The minimum Gasteiger partial charge on any atom is -0.329 e.